The van der Waals surface area contributed by atoms with E-state index in [1.54, 1.807) is 18.2 Å². The van der Waals surface area contributed by atoms with Crippen LogP contribution in [0, 0.1) is 5.92 Å². The van der Waals surface area contributed by atoms with Crippen molar-refractivity contribution in [1.82, 2.24) is 10.6 Å². The van der Waals surface area contributed by atoms with Crippen LogP contribution in [-0.2, 0) is 11.2 Å². The average molecular weight is 301 g/mol. The highest BCUT2D eigenvalue weighted by molar-refractivity contribution is 6.36. The SMILES string of the molecule is O=C(Cc1c(Cl)cccc1Cl)NCC1CCCNC1. The van der Waals surface area contributed by atoms with Crippen LogP contribution in [0.25, 0.3) is 0 Å². The minimum absolute atomic E-state index is 0.0272. The van der Waals surface area contributed by atoms with Gasteiger partial charge in [-0.1, -0.05) is 29.3 Å². The Balaban J connectivity index is 1.83. The summed E-state index contributed by atoms with van der Waals surface area (Å²) >= 11 is 12.1. The third kappa shape index (κ3) is 4.37. The number of rotatable bonds is 4. The Kier molecular flexibility index (Phi) is 5.49. The number of benzene rings is 1. The highest BCUT2D eigenvalue weighted by Gasteiger charge is 2.15. The second-order valence-electron chi connectivity index (χ2n) is 4.89. The molecule has 0 spiro atoms. The van der Waals surface area contributed by atoms with E-state index in [2.05, 4.69) is 10.6 Å². The Morgan fingerprint density at radius 1 is 1.37 bits per heavy atom. The Morgan fingerprint density at radius 2 is 2.11 bits per heavy atom. The topological polar surface area (TPSA) is 41.1 Å². The fourth-order valence-corrected chi connectivity index (χ4v) is 2.81. The van der Waals surface area contributed by atoms with Gasteiger partial charge in [0.25, 0.3) is 0 Å². The van der Waals surface area contributed by atoms with E-state index in [4.69, 9.17) is 23.2 Å². The smallest absolute Gasteiger partial charge is 0.224 e. The van der Waals surface area contributed by atoms with E-state index in [1.165, 1.54) is 12.8 Å². The molecule has 1 fully saturated rings. The largest absolute Gasteiger partial charge is 0.355 e. The lowest BCUT2D eigenvalue weighted by Crippen LogP contribution is -2.38. The van der Waals surface area contributed by atoms with Gasteiger partial charge in [-0.2, -0.15) is 0 Å². The first-order valence-corrected chi connectivity index (χ1v) is 7.32. The lowest BCUT2D eigenvalue weighted by molar-refractivity contribution is -0.120. The first-order chi connectivity index (χ1) is 9.16. The summed E-state index contributed by atoms with van der Waals surface area (Å²) in [7, 11) is 0. The normalized spacial score (nSPS) is 19.2. The van der Waals surface area contributed by atoms with Gasteiger partial charge >= 0.3 is 0 Å². The molecule has 1 atom stereocenters. The zero-order valence-corrected chi connectivity index (χ0v) is 12.2. The summed E-state index contributed by atoms with van der Waals surface area (Å²) in [6.45, 7) is 2.78. The quantitative estimate of drug-likeness (QED) is 0.897. The number of halogens is 2. The molecule has 1 aliphatic rings. The first-order valence-electron chi connectivity index (χ1n) is 6.57. The van der Waals surface area contributed by atoms with Gasteiger partial charge in [0.2, 0.25) is 5.91 Å². The molecule has 0 bridgehead atoms. The van der Waals surface area contributed by atoms with Crippen molar-refractivity contribution in [2.45, 2.75) is 19.3 Å². The summed E-state index contributed by atoms with van der Waals surface area (Å²) in [5.74, 6) is 0.500. The van der Waals surface area contributed by atoms with E-state index in [-0.39, 0.29) is 12.3 Å². The molecule has 1 unspecified atom stereocenters. The molecule has 19 heavy (non-hydrogen) atoms. The van der Waals surface area contributed by atoms with Crippen LogP contribution in [0.4, 0.5) is 0 Å². The zero-order valence-electron chi connectivity index (χ0n) is 10.7. The second-order valence-corrected chi connectivity index (χ2v) is 5.71. The number of hydrogen-bond donors (Lipinski definition) is 2. The monoisotopic (exact) mass is 300 g/mol. The molecule has 5 heteroatoms. The zero-order chi connectivity index (χ0) is 13.7. The van der Waals surface area contributed by atoms with Crippen molar-refractivity contribution in [2.24, 2.45) is 5.92 Å². The van der Waals surface area contributed by atoms with Gasteiger partial charge in [-0.15, -0.1) is 0 Å². The minimum Gasteiger partial charge on any atom is -0.355 e. The number of carbonyl (C=O) groups is 1. The highest BCUT2D eigenvalue weighted by atomic mass is 35.5. The molecule has 1 aromatic carbocycles. The van der Waals surface area contributed by atoms with Gasteiger partial charge in [-0.3, -0.25) is 4.79 Å². The van der Waals surface area contributed by atoms with E-state index >= 15 is 0 Å². The second kappa shape index (κ2) is 7.13. The summed E-state index contributed by atoms with van der Waals surface area (Å²) in [6.07, 6.45) is 2.58. The van der Waals surface area contributed by atoms with Gasteiger partial charge in [0, 0.05) is 16.6 Å². The molecular weight excluding hydrogens is 283 g/mol. The van der Waals surface area contributed by atoms with Crippen molar-refractivity contribution in [2.75, 3.05) is 19.6 Å². The van der Waals surface area contributed by atoms with Crippen molar-refractivity contribution in [3.05, 3.63) is 33.8 Å². The molecule has 1 saturated heterocycles. The molecular formula is C14H18Cl2N2O. The molecule has 3 nitrogen and oxygen atoms in total. The van der Waals surface area contributed by atoms with Crippen molar-refractivity contribution in [3.63, 3.8) is 0 Å². The van der Waals surface area contributed by atoms with E-state index in [0.717, 1.165) is 13.1 Å². The Labute approximate surface area is 123 Å². The number of nitrogens with one attached hydrogen (secondary N) is 2. The lowest BCUT2D eigenvalue weighted by Gasteiger charge is -2.22. The van der Waals surface area contributed by atoms with Crippen LogP contribution in [0.5, 0.6) is 0 Å². The molecule has 1 aliphatic heterocycles. The molecule has 1 heterocycles. The summed E-state index contributed by atoms with van der Waals surface area (Å²) in [5, 5.41) is 7.38. The van der Waals surface area contributed by atoms with E-state index in [1.807, 2.05) is 0 Å². The van der Waals surface area contributed by atoms with Gasteiger partial charge in [-0.25, -0.2) is 0 Å². The summed E-state index contributed by atoms with van der Waals surface area (Å²) in [4.78, 5) is 11.9. The fourth-order valence-electron chi connectivity index (χ4n) is 2.28. The van der Waals surface area contributed by atoms with Crippen LogP contribution in [0.3, 0.4) is 0 Å². The Bertz CT molecular complexity index is 425. The molecule has 104 valence electrons. The van der Waals surface area contributed by atoms with Crippen molar-refractivity contribution in [3.8, 4) is 0 Å². The maximum absolute atomic E-state index is 11.9. The highest BCUT2D eigenvalue weighted by Crippen LogP contribution is 2.24. The van der Waals surface area contributed by atoms with Gasteiger partial charge < -0.3 is 10.6 Å². The van der Waals surface area contributed by atoms with Crippen molar-refractivity contribution >= 4 is 29.1 Å². The van der Waals surface area contributed by atoms with Crippen LogP contribution in [0.15, 0.2) is 18.2 Å². The third-order valence-corrected chi connectivity index (χ3v) is 4.09. The molecule has 2 rings (SSSR count). The van der Waals surface area contributed by atoms with Crippen molar-refractivity contribution < 1.29 is 4.79 Å². The third-order valence-electron chi connectivity index (χ3n) is 3.39. The molecule has 1 amide bonds. The van der Waals surface area contributed by atoms with Gasteiger partial charge in [0.05, 0.1) is 6.42 Å². The molecule has 0 aliphatic carbocycles. The van der Waals surface area contributed by atoms with Crippen LogP contribution in [0.1, 0.15) is 18.4 Å². The number of piperidine rings is 1. The predicted octanol–water partition coefficient (Wildman–Crippen LogP) is 2.65. The Hall–Kier alpha value is -0.770. The summed E-state index contributed by atoms with van der Waals surface area (Å²) in [5.41, 5.74) is 0.699. The Morgan fingerprint density at radius 3 is 2.74 bits per heavy atom. The summed E-state index contributed by atoms with van der Waals surface area (Å²) in [6, 6.07) is 5.28. The minimum atomic E-state index is -0.0272. The fraction of sp³-hybridized carbons (Fsp3) is 0.500. The molecule has 1 aromatic rings. The lowest BCUT2D eigenvalue weighted by atomic mass is 9.99. The van der Waals surface area contributed by atoms with Crippen molar-refractivity contribution in [1.29, 1.82) is 0 Å². The van der Waals surface area contributed by atoms with Gasteiger partial charge in [0.1, 0.15) is 0 Å². The van der Waals surface area contributed by atoms with Gasteiger partial charge in [-0.05, 0) is 49.5 Å². The van der Waals surface area contributed by atoms with E-state index in [9.17, 15) is 4.79 Å². The van der Waals surface area contributed by atoms with Crippen LogP contribution in [-0.4, -0.2) is 25.5 Å². The van der Waals surface area contributed by atoms with Crippen LogP contribution in [0.2, 0.25) is 10.0 Å². The number of hydrogen-bond acceptors (Lipinski definition) is 2. The van der Waals surface area contributed by atoms with E-state index < -0.39 is 0 Å². The molecule has 2 N–H and O–H groups in total. The molecule has 0 aromatic heterocycles. The standard InChI is InChI=1S/C14H18Cl2N2O/c15-12-4-1-5-13(16)11(12)7-14(19)18-9-10-3-2-6-17-8-10/h1,4-5,10,17H,2-3,6-9H2,(H,18,19). The summed E-state index contributed by atoms with van der Waals surface area (Å²) < 4.78 is 0. The molecule has 0 radical (unpaired) electrons. The first kappa shape index (κ1) is 14.6. The molecule has 0 saturated carbocycles. The van der Waals surface area contributed by atoms with Gasteiger partial charge in [0.15, 0.2) is 0 Å². The maximum atomic E-state index is 11.9. The predicted molar refractivity (Wildman–Crippen MR) is 78.8 cm³/mol. The number of amides is 1. The van der Waals surface area contributed by atoms with Crippen LogP contribution < -0.4 is 10.6 Å². The number of carbonyl (C=O) groups excluding carboxylic acids is 1. The van der Waals surface area contributed by atoms with Crippen LogP contribution >= 0.6 is 23.2 Å². The maximum Gasteiger partial charge on any atom is 0.224 e. The van der Waals surface area contributed by atoms with E-state index in [0.29, 0.717) is 28.1 Å². The average Bonchev–Trinajstić information content (AvgIpc) is 2.42.